The Kier molecular flexibility index (Phi) is 8.01. The van der Waals surface area contributed by atoms with E-state index in [1.54, 1.807) is 38.1 Å². The van der Waals surface area contributed by atoms with E-state index in [0.717, 1.165) is 4.88 Å². The Morgan fingerprint density at radius 2 is 1.82 bits per heavy atom. The summed E-state index contributed by atoms with van der Waals surface area (Å²) >= 11 is 1.53. The lowest BCUT2D eigenvalue weighted by Gasteiger charge is -2.20. The summed E-state index contributed by atoms with van der Waals surface area (Å²) in [5.74, 6) is -1.02. The average Bonchev–Trinajstić information content (AvgIpc) is 3.22. The van der Waals surface area contributed by atoms with Gasteiger partial charge in [-0.1, -0.05) is 19.9 Å². The molecule has 1 aromatic carbocycles. The Hall–Kier alpha value is -2.87. The van der Waals surface area contributed by atoms with Crippen molar-refractivity contribution in [1.82, 2.24) is 10.6 Å². The van der Waals surface area contributed by atoms with Crippen LogP contribution in [0.1, 0.15) is 29.1 Å². The van der Waals surface area contributed by atoms with Crippen molar-refractivity contribution in [3.63, 3.8) is 0 Å². The molecule has 28 heavy (non-hydrogen) atoms. The predicted molar refractivity (Wildman–Crippen MR) is 106 cm³/mol. The van der Waals surface area contributed by atoms with Gasteiger partial charge in [0.1, 0.15) is 11.8 Å². The van der Waals surface area contributed by atoms with E-state index >= 15 is 0 Å². The van der Waals surface area contributed by atoms with E-state index < -0.39 is 30.4 Å². The first-order chi connectivity index (χ1) is 13.4. The number of ether oxygens (including phenoxy) is 2. The second kappa shape index (κ2) is 10.5. The third kappa shape index (κ3) is 6.38. The van der Waals surface area contributed by atoms with Gasteiger partial charge in [-0.05, 0) is 41.6 Å². The molecule has 1 atom stereocenters. The fraction of sp³-hybridized carbons (Fsp3) is 0.350. The first-order valence-electron chi connectivity index (χ1n) is 8.81. The van der Waals surface area contributed by atoms with Crippen LogP contribution in [0.15, 0.2) is 41.8 Å². The van der Waals surface area contributed by atoms with Gasteiger partial charge in [-0.15, -0.1) is 11.3 Å². The number of esters is 1. The van der Waals surface area contributed by atoms with Crippen LogP contribution >= 0.6 is 11.3 Å². The molecular weight excluding hydrogens is 380 g/mol. The number of carbonyl (C=O) groups is 3. The van der Waals surface area contributed by atoms with Crippen LogP contribution in [0, 0.1) is 5.92 Å². The number of rotatable bonds is 9. The summed E-state index contributed by atoms with van der Waals surface area (Å²) < 4.78 is 10.1. The lowest BCUT2D eigenvalue weighted by atomic mass is 10.0. The van der Waals surface area contributed by atoms with E-state index in [0.29, 0.717) is 17.9 Å². The molecular formula is C20H24N2O5S. The minimum absolute atomic E-state index is 0.205. The number of amides is 2. The summed E-state index contributed by atoms with van der Waals surface area (Å²) in [6.07, 6.45) is 0. The molecule has 0 saturated carbocycles. The van der Waals surface area contributed by atoms with Crippen LogP contribution < -0.4 is 15.4 Å². The Labute approximate surface area is 168 Å². The van der Waals surface area contributed by atoms with Crippen molar-refractivity contribution in [2.45, 2.75) is 26.4 Å². The van der Waals surface area contributed by atoms with Gasteiger partial charge in [-0.3, -0.25) is 9.59 Å². The maximum absolute atomic E-state index is 12.4. The molecule has 0 aliphatic rings. The van der Waals surface area contributed by atoms with Crippen molar-refractivity contribution in [3.05, 3.63) is 52.2 Å². The van der Waals surface area contributed by atoms with Gasteiger partial charge < -0.3 is 20.1 Å². The summed E-state index contributed by atoms with van der Waals surface area (Å²) in [5, 5.41) is 7.26. The van der Waals surface area contributed by atoms with Crippen molar-refractivity contribution < 1.29 is 23.9 Å². The third-order valence-electron chi connectivity index (χ3n) is 3.94. The molecule has 2 rings (SSSR count). The molecule has 8 heteroatoms. The number of hydrogen-bond acceptors (Lipinski definition) is 6. The van der Waals surface area contributed by atoms with Gasteiger partial charge in [-0.25, -0.2) is 4.79 Å². The Morgan fingerprint density at radius 3 is 2.39 bits per heavy atom. The van der Waals surface area contributed by atoms with E-state index in [9.17, 15) is 14.4 Å². The fourth-order valence-electron chi connectivity index (χ4n) is 2.34. The molecule has 1 aromatic heterocycles. The van der Waals surface area contributed by atoms with Crippen molar-refractivity contribution in [1.29, 1.82) is 0 Å². The molecule has 0 saturated heterocycles. The highest BCUT2D eigenvalue weighted by atomic mass is 32.1. The molecule has 0 aliphatic heterocycles. The zero-order chi connectivity index (χ0) is 20.5. The maximum atomic E-state index is 12.4. The van der Waals surface area contributed by atoms with E-state index in [2.05, 4.69) is 10.6 Å². The van der Waals surface area contributed by atoms with E-state index in [1.165, 1.54) is 18.4 Å². The first-order valence-corrected chi connectivity index (χ1v) is 9.69. The second-order valence-corrected chi connectivity index (χ2v) is 7.42. The van der Waals surface area contributed by atoms with Gasteiger partial charge in [-0.2, -0.15) is 0 Å². The van der Waals surface area contributed by atoms with E-state index in [1.807, 2.05) is 17.5 Å². The third-order valence-corrected chi connectivity index (χ3v) is 4.82. The highest BCUT2D eigenvalue weighted by molar-refractivity contribution is 7.09. The van der Waals surface area contributed by atoms with Crippen LogP contribution in [0.25, 0.3) is 0 Å². The number of nitrogens with one attached hydrogen (secondary N) is 2. The normalized spacial score (nSPS) is 11.6. The summed E-state index contributed by atoms with van der Waals surface area (Å²) in [4.78, 5) is 37.6. The molecule has 2 amide bonds. The maximum Gasteiger partial charge on any atom is 0.329 e. The second-order valence-electron chi connectivity index (χ2n) is 6.39. The fourth-order valence-corrected chi connectivity index (χ4v) is 2.99. The molecule has 0 unspecified atom stereocenters. The van der Waals surface area contributed by atoms with Gasteiger partial charge in [0.2, 0.25) is 0 Å². The molecule has 150 valence electrons. The van der Waals surface area contributed by atoms with Crippen LogP contribution in [0.2, 0.25) is 0 Å². The van der Waals surface area contributed by atoms with Crippen LogP contribution in [0.5, 0.6) is 5.75 Å². The van der Waals surface area contributed by atoms with Gasteiger partial charge in [0.15, 0.2) is 6.61 Å². The molecule has 0 fully saturated rings. The Morgan fingerprint density at radius 1 is 1.11 bits per heavy atom. The lowest BCUT2D eigenvalue weighted by Crippen LogP contribution is -2.46. The molecule has 0 radical (unpaired) electrons. The Balaban J connectivity index is 1.86. The summed E-state index contributed by atoms with van der Waals surface area (Å²) in [6.45, 7) is 3.57. The molecule has 0 bridgehead atoms. The minimum Gasteiger partial charge on any atom is -0.497 e. The van der Waals surface area contributed by atoms with Gasteiger partial charge in [0.05, 0.1) is 13.7 Å². The standard InChI is InChI=1S/C20H24N2O5S/c1-13(2)18(22-19(24)14-6-8-15(26-3)9-7-14)20(25)27-12-17(23)21-11-16-5-4-10-28-16/h4-10,13,18H,11-12H2,1-3H3,(H,21,23)(H,22,24)/t18-/m0/s1. The number of hydrogen-bond donors (Lipinski definition) is 2. The largest absolute Gasteiger partial charge is 0.497 e. The predicted octanol–water partition coefficient (Wildman–Crippen LogP) is 2.37. The van der Waals surface area contributed by atoms with Crippen molar-refractivity contribution in [2.24, 2.45) is 5.92 Å². The van der Waals surface area contributed by atoms with Crippen molar-refractivity contribution in [3.8, 4) is 5.75 Å². The number of thiophene rings is 1. The monoisotopic (exact) mass is 404 g/mol. The van der Waals surface area contributed by atoms with E-state index in [-0.39, 0.29) is 5.92 Å². The number of benzene rings is 1. The Bertz CT molecular complexity index is 787. The summed E-state index contributed by atoms with van der Waals surface area (Å²) in [6, 6.07) is 9.47. The molecule has 1 heterocycles. The zero-order valence-corrected chi connectivity index (χ0v) is 16.9. The van der Waals surface area contributed by atoms with Crippen molar-refractivity contribution in [2.75, 3.05) is 13.7 Å². The molecule has 7 nitrogen and oxygen atoms in total. The number of methoxy groups -OCH3 is 1. The lowest BCUT2D eigenvalue weighted by molar-refractivity contribution is -0.151. The van der Waals surface area contributed by atoms with E-state index in [4.69, 9.17) is 9.47 Å². The molecule has 2 aromatic rings. The first kappa shape index (κ1) is 21.4. The van der Waals surface area contributed by atoms with Crippen LogP contribution in [-0.4, -0.2) is 37.5 Å². The highest BCUT2D eigenvalue weighted by Crippen LogP contribution is 2.12. The molecule has 0 spiro atoms. The average molecular weight is 404 g/mol. The smallest absolute Gasteiger partial charge is 0.329 e. The quantitative estimate of drug-likeness (QED) is 0.626. The van der Waals surface area contributed by atoms with Crippen LogP contribution in [0.4, 0.5) is 0 Å². The minimum atomic E-state index is -0.861. The SMILES string of the molecule is COc1ccc(C(=O)N[C@H](C(=O)OCC(=O)NCc2cccs2)C(C)C)cc1. The van der Waals surface area contributed by atoms with Gasteiger partial charge in [0.25, 0.3) is 11.8 Å². The van der Waals surface area contributed by atoms with Crippen LogP contribution in [-0.2, 0) is 20.9 Å². The zero-order valence-electron chi connectivity index (χ0n) is 16.1. The molecule has 2 N–H and O–H groups in total. The van der Waals surface area contributed by atoms with Gasteiger partial charge >= 0.3 is 5.97 Å². The number of carbonyl (C=O) groups excluding carboxylic acids is 3. The summed E-state index contributed by atoms with van der Waals surface area (Å²) in [7, 11) is 1.54. The molecule has 0 aliphatic carbocycles. The topological polar surface area (TPSA) is 93.7 Å². The van der Waals surface area contributed by atoms with Gasteiger partial charge in [0, 0.05) is 10.4 Å². The van der Waals surface area contributed by atoms with Crippen molar-refractivity contribution >= 4 is 29.1 Å². The summed E-state index contributed by atoms with van der Waals surface area (Å²) in [5.41, 5.74) is 0.396. The van der Waals surface area contributed by atoms with Crippen LogP contribution in [0.3, 0.4) is 0 Å². The highest BCUT2D eigenvalue weighted by Gasteiger charge is 2.26.